The molecule has 1 rings (SSSR count). The molecule has 1 amide bonds. The van der Waals surface area contributed by atoms with Gasteiger partial charge in [0, 0.05) is 18.2 Å². The number of rotatable bonds is 3. The van der Waals surface area contributed by atoms with Gasteiger partial charge in [-0.3, -0.25) is 4.79 Å². The van der Waals surface area contributed by atoms with Gasteiger partial charge in [0.1, 0.15) is 5.88 Å². The van der Waals surface area contributed by atoms with Crippen LogP contribution in [0.25, 0.3) is 0 Å². The second-order valence-electron chi connectivity index (χ2n) is 3.15. The molecule has 0 fully saturated rings. The summed E-state index contributed by atoms with van der Waals surface area (Å²) < 4.78 is 25.8. The number of carbonyl (C=O) groups is 1. The van der Waals surface area contributed by atoms with Crippen molar-refractivity contribution < 1.29 is 13.6 Å². The van der Waals surface area contributed by atoms with E-state index < -0.39 is 11.8 Å². The first-order chi connectivity index (χ1) is 6.93. The molecule has 1 N–H and O–H groups in total. The average Bonchev–Trinajstić information content (AvgIpc) is 2.17. The van der Waals surface area contributed by atoms with Crippen molar-refractivity contribution in [1.82, 2.24) is 0 Å². The number of benzene rings is 1. The monoisotopic (exact) mass is 233 g/mol. The van der Waals surface area contributed by atoms with Crippen LogP contribution in [0.2, 0.25) is 0 Å². The van der Waals surface area contributed by atoms with Gasteiger partial charge in [-0.2, -0.15) is 0 Å². The fraction of sp³-hybridized carbons (Fsp3) is 0.300. The van der Waals surface area contributed by atoms with Crippen LogP contribution in [-0.2, 0) is 10.7 Å². The van der Waals surface area contributed by atoms with Gasteiger partial charge < -0.3 is 5.32 Å². The Morgan fingerprint density at radius 1 is 1.53 bits per heavy atom. The number of amides is 1. The van der Waals surface area contributed by atoms with Crippen molar-refractivity contribution in [3.05, 3.63) is 29.8 Å². The molecule has 1 aromatic rings. The molecule has 0 spiro atoms. The molecule has 0 saturated heterocycles. The van der Waals surface area contributed by atoms with Crippen molar-refractivity contribution in [2.24, 2.45) is 0 Å². The number of hydrogen-bond donors (Lipinski definition) is 1. The Morgan fingerprint density at radius 3 is 2.73 bits per heavy atom. The van der Waals surface area contributed by atoms with Crippen LogP contribution >= 0.6 is 11.6 Å². The number of hydrogen-bond acceptors (Lipinski definition) is 1. The Labute approximate surface area is 91.2 Å². The largest absolute Gasteiger partial charge is 0.325 e. The highest BCUT2D eigenvalue weighted by Crippen LogP contribution is 2.28. The molecular formula is C10H10ClF2NO. The zero-order valence-corrected chi connectivity index (χ0v) is 8.81. The van der Waals surface area contributed by atoms with Crippen molar-refractivity contribution in [1.29, 1.82) is 0 Å². The van der Waals surface area contributed by atoms with E-state index in [1.54, 1.807) is 0 Å². The highest BCUT2D eigenvalue weighted by atomic mass is 35.5. The van der Waals surface area contributed by atoms with Gasteiger partial charge in [-0.05, 0) is 12.1 Å². The molecule has 0 aliphatic rings. The predicted octanol–water partition coefficient (Wildman–Crippen LogP) is 2.98. The Balaban J connectivity index is 2.88. The van der Waals surface area contributed by atoms with E-state index in [4.69, 9.17) is 11.6 Å². The number of anilines is 1. The lowest BCUT2D eigenvalue weighted by Crippen LogP contribution is -2.14. The normalized spacial score (nSPS) is 11.2. The van der Waals surface area contributed by atoms with Crippen LogP contribution < -0.4 is 5.32 Å². The van der Waals surface area contributed by atoms with E-state index in [2.05, 4.69) is 5.32 Å². The maximum atomic E-state index is 12.9. The lowest BCUT2D eigenvalue weighted by atomic mass is 10.1. The quantitative estimate of drug-likeness (QED) is 0.799. The van der Waals surface area contributed by atoms with Crippen molar-refractivity contribution in [3.8, 4) is 0 Å². The minimum Gasteiger partial charge on any atom is -0.325 e. The first-order valence-electron chi connectivity index (χ1n) is 4.27. The highest BCUT2D eigenvalue weighted by Gasteiger charge is 2.24. The molecule has 0 radical (unpaired) electrons. The summed E-state index contributed by atoms with van der Waals surface area (Å²) in [5.74, 6) is -3.54. The predicted molar refractivity (Wildman–Crippen MR) is 55.4 cm³/mol. The third kappa shape index (κ3) is 3.47. The summed E-state index contributed by atoms with van der Waals surface area (Å²) in [7, 11) is 0. The molecule has 2 nitrogen and oxygen atoms in total. The molecule has 82 valence electrons. The maximum absolute atomic E-state index is 12.9. The topological polar surface area (TPSA) is 29.1 Å². The first-order valence-corrected chi connectivity index (χ1v) is 4.81. The van der Waals surface area contributed by atoms with Crippen molar-refractivity contribution in [2.45, 2.75) is 12.8 Å². The summed E-state index contributed by atoms with van der Waals surface area (Å²) in [6, 6.07) is 5.51. The standard InChI is InChI=1S/C10H10ClF2NO/c1-10(12,13)7-3-2-4-8(5-7)14-9(15)6-11/h2-5H,6H2,1H3,(H,14,15). The summed E-state index contributed by atoms with van der Waals surface area (Å²) in [5, 5.41) is 2.40. The molecule has 5 heteroatoms. The summed E-state index contributed by atoms with van der Waals surface area (Å²) in [4.78, 5) is 10.9. The van der Waals surface area contributed by atoms with Gasteiger partial charge in [0.15, 0.2) is 0 Å². The van der Waals surface area contributed by atoms with Gasteiger partial charge in [-0.15, -0.1) is 11.6 Å². The van der Waals surface area contributed by atoms with Crippen LogP contribution in [-0.4, -0.2) is 11.8 Å². The van der Waals surface area contributed by atoms with Crippen LogP contribution in [0.1, 0.15) is 12.5 Å². The first kappa shape index (κ1) is 11.9. The zero-order chi connectivity index (χ0) is 11.5. The third-order valence-electron chi connectivity index (χ3n) is 1.77. The van der Waals surface area contributed by atoms with E-state index in [-0.39, 0.29) is 11.4 Å². The van der Waals surface area contributed by atoms with E-state index >= 15 is 0 Å². The van der Waals surface area contributed by atoms with Crippen LogP contribution in [0.5, 0.6) is 0 Å². The molecular weight excluding hydrogens is 224 g/mol. The Kier molecular flexibility index (Phi) is 3.63. The second kappa shape index (κ2) is 4.57. The summed E-state index contributed by atoms with van der Waals surface area (Å²) in [5.41, 5.74) is 0.176. The minimum atomic E-state index is -2.91. The van der Waals surface area contributed by atoms with E-state index in [0.29, 0.717) is 5.69 Å². The Bertz CT molecular complexity index is 363. The number of halogens is 3. The summed E-state index contributed by atoms with van der Waals surface area (Å²) in [6.07, 6.45) is 0. The molecule has 0 aromatic heterocycles. The van der Waals surface area contributed by atoms with Crippen molar-refractivity contribution >= 4 is 23.2 Å². The molecule has 15 heavy (non-hydrogen) atoms. The summed E-state index contributed by atoms with van der Waals surface area (Å²) in [6.45, 7) is 0.801. The van der Waals surface area contributed by atoms with E-state index in [1.807, 2.05) is 0 Å². The SMILES string of the molecule is CC(F)(F)c1cccc(NC(=O)CCl)c1. The number of nitrogens with one attached hydrogen (secondary N) is 1. The van der Waals surface area contributed by atoms with Crippen molar-refractivity contribution in [2.75, 3.05) is 11.2 Å². The van der Waals surface area contributed by atoms with Gasteiger partial charge in [0.25, 0.3) is 5.92 Å². The molecule has 0 heterocycles. The molecule has 0 bridgehead atoms. The Hall–Kier alpha value is -1.16. The van der Waals surface area contributed by atoms with Crippen molar-refractivity contribution in [3.63, 3.8) is 0 Å². The fourth-order valence-electron chi connectivity index (χ4n) is 1.06. The van der Waals surface area contributed by atoms with Gasteiger partial charge in [0.2, 0.25) is 5.91 Å². The van der Waals surface area contributed by atoms with Crippen LogP contribution in [0.4, 0.5) is 14.5 Å². The average molecular weight is 234 g/mol. The number of carbonyl (C=O) groups excluding carboxylic acids is 1. The third-order valence-corrected chi connectivity index (χ3v) is 2.02. The lowest BCUT2D eigenvalue weighted by molar-refractivity contribution is -0.113. The molecule has 0 aliphatic heterocycles. The van der Waals surface area contributed by atoms with Gasteiger partial charge in [0.05, 0.1) is 0 Å². The second-order valence-corrected chi connectivity index (χ2v) is 3.42. The summed E-state index contributed by atoms with van der Waals surface area (Å²) >= 11 is 5.27. The van der Waals surface area contributed by atoms with E-state index in [1.165, 1.54) is 24.3 Å². The number of alkyl halides is 3. The van der Waals surface area contributed by atoms with Gasteiger partial charge >= 0.3 is 0 Å². The smallest absolute Gasteiger partial charge is 0.270 e. The molecule has 0 unspecified atom stereocenters. The van der Waals surface area contributed by atoms with Crippen LogP contribution in [0, 0.1) is 0 Å². The molecule has 0 atom stereocenters. The lowest BCUT2D eigenvalue weighted by Gasteiger charge is -2.12. The molecule has 0 saturated carbocycles. The van der Waals surface area contributed by atoms with Crippen LogP contribution in [0.3, 0.4) is 0 Å². The zero-order valence-electron chi connectivity index (χ0n) is 8.06. The van der Waals surface area contributed by atoms with Gasteiger partial charge in [-0.25, -0.2) is 8.78 Å². The molecule has 1 aromatic carbocycles. The maximum Gasteiger partial charge on any atom is 0.270 e. The van der Waals surface area contributed by atoms with E-state index in [0.717, 1.165) is 6.92 Å². The Morgan fingerprint density at radius 2 is 2.20 bits per heavy atom. The highest BCUT2D eigenvalue weighted by molar-refractivity contribution is 6.29. The fourth-order valence-corrected chi connectivity index (χ4v) is 1.13. The van der Waals surface area contributed by atoms with E-state index in [9.17, 15) is 13.6 Å². The minimum absolute atomic E-state index is 0.144. The van der Waals surface area contributed by atoms with Crippen LogP contribution in [0.15, 0.2) is 24.3 Å². The molecule has 0 aliphatic carbocycles. The van der Waals surface area contributed by atoms with Gasteiger partial charge in [-0.1, -0.05) is 12.1 Å².